The normalized spacial score (nSPS) is 16.7. The summed E-state index contributed by atoms with van der Waals surface area (Å²) >= 11 is 0. The van der Waals surface area contributed by atoms with Crippen molar-refractivity contribution in [1.29, 1.82) is 0 Å². The van der Waals surface area contributed by atoms with E-state index in [-0.39, 0.29) is 75.5 Å². The van der Waals surface area contributed by atoms with Gasteiger partial charge in [0.2, 0.25) is 0 Å². The van der Waals surface area contributed by atoms with Crippen molar-refractivity contribution in [3.05, 3.63) is 0 Å². The first-order valence-corrected chi connectivity index (χ1v) is 5.83. The molecule has 0 aromatic carbocycles. The van der Waals surface area contributed by atoms with Gasteiger partial charge in [0, 0.05) is 0 Å². The zero-order chi connectivity index (χ0) is 14.2. The average molecular weight is 360 g/mol. The predicted octanol–water partition coefficient (Wildman–Crippen LogP) is -5.28. The number of aliphatic hydroxyl groups excluding tert-OH is 6. The van der Waals surface area contributed by atoms with Crippen LogP contribution in [0, 0.1) is 0 Å². The Balaban J connectivity index is -0.000000139. The van der Waals surface area contributed by atoms with E-state index in [1.165, 1.54) is 0 Å². The molecule has 0 saturated heterocycles. The summed E-state index contributed by atoms with van der Waals surface area (Å²) in [6, 6.07) is 0. The quantitative estimate of drug-likeness (QED) is 0.168. The minimum Gasteiger partial charge on any atom is -0.394 e. The molecule has 0 aliphatic rings. The summed E-state index contributed by atoms with van der Waals surface area (Å²) in [5, 5.41) is 52.2. The third-order valence-corrected chi connectivity index (χ3v) is 1.51. The molecule has 0 rings (SSSR count). The Labute approximate surface area is 168 Å². The van der Waals surface area contributed by atoms with Crippen LogP contribution in [0.5, 0.6) is 0 Å². The Kier molecular flexibility index (Phi) is 23.7. The fraction of sp³-hybridized carbons (Fsp3) is 1.00. The first-order valence-electron chi connectivity index (χ1n) is 4.26. The van der Waals surface area contributed by atoms with Crippen molar-refractivity contribution in [2.24, 2.45) is 0 Å². The third kappa shape index (κ3) is 20.4. The van der Waals surface area contributed by atoms with Gasteiger partial charge in [-0.2, -0.15) is 0 Å². The second-order valence-corrected chi connectivity index (χ2v) is 4.02. The molecule has 0 unspecified atom stereocenters. The molecule has 0 aliphatic carbocycles. The standard InChI is InChI=1S/C6H14O6.2Ca.H3O4P/c7-1-3(9)5(11)6(12)4(10)2-8;;;1-5(2,3)4/h3-12H,1-2H2;;;(H3,1,2,3,4)/q;2*+2;/t3-,4-,5-,6-;;;/m1.../s1. The maximum absolute atomic E-state index is 8.96. The van der Waals surface area contributed by atoms with Crippen LogP contribution in [0.25, 0.3) is 0 Å². The van der Waals surface area contributed by atoms with E-state index in [4.69, 9.17) is 49.9 Å². The molecule has 0 heterocycles. The van der Waals surface area contributed by atoms with Crippen LogP contribution in [-0.4, -0.2) is 158 Å². The zero-order valence-corrected chi connectivity index (χ0v) is 15.3. The molecule has 13 heteroatoms. The molecule has 9 N–H and O–H groups in total. The number of phosphoric acid groups is 1. The Morgan fingerprint density at radius 3 is 1.00 bits per heavy atom. The maximum Gasteiger partial charge on any atom is 2.00 e. The van der Waals surface area contributed by atoms with Crippen LogP contribution in [0.4, 0.5) is 0 Å². The second-order valence-electron chi connectivity index (χ2n) is 2.99. The van der Waals surface area contributed by atoms with Crippen molar-refractivity contribution in [2.45, 2.75) is 24.4 Å². The maximum atomic E-state index is 8.96. The Morgan fingerprint density at radius 1 is 0.737 bits per heavy atom. The van der Waals surface area contributed by atoms with E-state index in [0.29, 0.717) is 0 Å². The third-order valence-electron chi connectivity index (χ3n) is 1.51. The van der Waals surface area contributed by atoms with Crippen molar-refractivity contribution in [1.82, 2.24) is 0 Å². The first kappa shape index (κ1) is 29.4. The minimum absolute atomic E-state index is 0. The van der Waals surface area contributed by atoms with E-state index < -0.39 is 45.5 Å². The summed E-state index contributed by atoms with van der Waals surface area (Å²) < 4.78 is 8.88. The molecular weight excluding hydrogens is 343 g/mol. The van der Waals surface area contributed by atoms with Gasteiger partial charge < -0.3 is 45.3 Å². The van der Waals surface area contributed by atoms with Crippen LogP contribution in [0.3, 0.4) is 0 Å². The van der Waals surface area contributed by atoms with Gasteiger partial charge in [0.15, 0.2) is 0 Å². The van der Waals surface area contributed by atoms with Crippen LogP contribution < -0.4 is 0 Å². The summed E-state index contributed by atoms with van der Waals surface area (Å²) in [6.45, 7) is -1.45. The summed E-state index contributed by atoms with van der Waals surface area (Å²) in [6.07, 6.45) is -6.39. The van der Waals surface area contributed by atoms with E-state index in [1.54, 1.807) is 0 Å². The average Bonchev–Trinajstić information content (AvgIpc) is 2.22. The smallest absolute Gasteiger partial charge is 0.394 e. The van der Waals surface area contributed by atoms with Gasteiger partial charge >= 0.3 is 83.3 Å². The second kappa shape index (κ2) is 15.3. The van der Waals surface area contributed by atoms with Crippen LogP contribution in [-0.2, 0) is 4.57 Å². The van der Waals surface area contributed by atoms with Crippen molar-refractivity contribution in [3.8, 4) is 0 Å². The molecule has 106 valence electrons. The van der Waals surface area contributed by atoms with Crippen molar-refractivity contribution in [3.63, 3.8) is 0 Å². The Bertz CT molecular complexity index is 216. The van der Waals surface area contributed by atoms with Gasteiger partial charge in [-0.15, -0.1) is 0 Å². The zero-order valence-electron chi connectivity index (χ0n) is 10.0. The number of hydrogen-bond donors (Lipinski definition) is 9. The molecule has 0 amide bonds. The molecule has 4 atom stereocenters. The van der Waals surface area contributed by atoms with Crippen LogP contribution in [0.15, 0.2) is 0 Å². The van der Waals surface area contributed by atoms with Crippen molar-refractivity contribution < 1.29 is 49.9 Å². The Hall–Kier alpha value is 2.39. The molecule has 19 heavy (non-hydrogen) atoms. The molecular formula is C6H17Ca2O10P+4. The fourth-order valence-electron chi connectivity index (χ4n) is 0.671. The van der Waals surface area contributed by atoms with Crippen molar-refractivity contribution in [2.75, 3.05) is 13.2 Å². The summed E-state index contributed by atoms with van der Waals surface area (Å²) in [4.78, 5) is 21.6. The van der Waals surface area contributed by atoms with Crippen LogP contribution in [0.2, 0.25) is 0 Å². The fourth-order valence-corrected chi connectivity index (χ4v) is 0.671. The monoisotopic (exact) mass is 360 g/mol. The predicted molar refractivity (Wildman–Crippen MR) is 64.0 cm³/mol. The molecule has 0 radical (unpaired) electrons. The van der Waals surface area contributed by atoms with Gasteiger partial charge in [-0.3, -0.25) is 0 Å². The van der Waals surface area contributed by atoms with Gasteiger partial charge in [0.1, 0.15) is 24.4 Å². The first-order chi connectivity index (χ1) is 7.54. The van der Waals surface area contributed by atoms with Gasteiger partial charge in [-0.25, -0.2) is 4.57 Å². The number of rotatable bonds is 5. The molecule has 0 aromatic heterocycles. The van der Waals surface area contributed by atoms with Gasteiger partial charge in [-0.05, 0) is 0 Å². The van der Waals surface area contributed by atoms with Gasteiger partial charge in [-0.1, -0.05) is 0 Å². The summed E-state index contributed by atoms with van der Waals surface area (Å²) in [5.41, 5.74) is 0. The van der Waals surface area contributed by atoms with Gasteiger partial charge in [0.05, 0.1) is 13.2 Å². The van der Waals surface area contributed by atoms with Crippen LogP contribution >= 0.6 is 7.82 Å². The van der Waals surface area contributed by atoms with E-state index in [1.807, 2.05) is 0 Å². The molecule has 0 bridgehead atoms. The number of aliphatic hydroxyl groups is 6. The molecule has 0 aliphatic heterocycles. The SMILES string of the molecule is O=P(O)(O)O.OC[C@@H](O)[C@@H](O)[C@H](O)[C@H](O)CO.[Ca+2].[Ca+2]. The minimum atomic E-state index is -4.64. The van der Waals surface area contributed by atoms with Gasteiger partial charge in [0.25, 0.3) is 0 Å². The summed E-state index contributed by atoms with van der Waals surface area (Å²) in [5.74, 6) is 0. The van der Waals surface area contributed by atoms with E-state index in [2.05, 4.69) is 0 Å². The Morgan fingerprint density at radius 2 is 0.895 bits per heavy atom. The van der Waals surface area contributed by atoms with E-state index in [9.17, 15) is 0 Å². The number of hydrogen-bond acceptors (Lipinski definition) is 7. The molecule has 0 spiro atoms. The van der Waals surface area contributed by atoms with Crippen molar-refractivity contribution >= 4 is 83.3 Å². The topological polar surface area (TPSA) is 199 Å². The molecule has 0 fully saturated rings. The molecule has 0 aromatic rings. The molecule has 10 nitrogen and oxygen atoms in total. The largest absolute Gasteiger partial charge is 2.00 e. The van der Waals surface area contributed by atoms with E-state index in [0.717, 1.165) is 0 Å². The summed E-state index contributed by atoms with van der Waals surface area (Å²) in [7, 11) is -4.64. The molecule has 0 saturated carbocycles. The van der Waals surface area contributed by atoms with E-state index >= 15 is 0 Å². The van der Waals surface area contributed by atoms with Crippen LogP contribution in [0.1, 0.15) is 0 Å².